The number of rotatable bonds is 37. The second kappa shape index (κ2) is 38.8. The average molecular weight is 845 g/mol. The van der Waals surface area contributed by atoms with Crippen LogP contribution in [0.25, 0.3) is 0 Å². The lowest BCUT2D eigenvalue weighted by Gasteiger charge is -2.24. The van der Waals surface area contributed by atoms with Crippen molar-refractivity contribution in [2.75, 3.05) is 47.5 Å². The lowest BCUT2D eigenvalue weighted by Crippen LogP contribution is -2.37. The number of phosphoric acid groups is 1. The van der Waals surface area contributed by atoms with Crippen LogP contribution in [0.15, 0.2) is 109 Å². The fourth-order valence-corrected chi connectivity index (χ4v) is 5.72. The van der Waals surface area contributed by atoms with Crippen LogP contribution in [0.3, 0.4) is 0 Å². The van der Waals surface area contributed by atoms with Gasteiger partial charge in [0.15, 0.2) is 6.10 Å². The van der Waals surface area contributed by atoms with E-state index < -0.39 is 32.5 Å². The number of nitrogens with zero attached hydrogens (tertiary/aromatic N) is 1. The molecule has 0 aliphatic heterocycles. The van der Waals surface area contributed by atoms with Crippen molar-refractivity contribution in [2.45, 2.75) is 135 Å². The molecule has 0 radical (unpaired) electrons. The van der Waals surface area contributed by atoms with Gasteiger partial charge in [0.2, 0.25) is 0 Å². The Labute approximate surface area is 358 Å². The van der Waals surface area contributed by atoms with Crippen LogP contribution in [0.4, 0.5) is 0 Å². The standard InChI is InChI=1S/C48H78NO9P/c1-6-8-10-11-12-13-14-15-16-17-18-19-22-26-29-32-36-40-48(52)58-46(44-57-59(53,54)56-42-41-49(3,4)5)43-55-47(51)39-35-31-28-25-23-20-21-24-27-30-34-38-45(50)37-33-9-7-2/h8,10,12-13,15-16,18-21,25-30,34,38,45-46,50H,6-7,9,11,14,17,22-24,31-33,35-37,39-44H2,1-5H3/p+1/b10-8-,13-12-,16-15-,19-18-,21-20-,28-25-,29-26-,30-27-,38-34+/t45-,46-/m1/s1. The maximum absolute atomic E-state index is 12.7. The second-order valence-corrected chi connectivity index (χ2v) is 16.6. The molecule has 11 heteroatoms. The third kappa shape index (κ3) is 42.6. The van der Waals surface area contributed by atoms with E-state index in [0.717, 1.165) is 70.6 Å². The molecule has 0 aliphatic rings. The number of allylic oxidation sites excluding steroid dienone is 17. The SMILES string of the molecule is CC/C=C\C/C=C\C/C=C\C/C=C\C/C=C\CCCC(=O)O[C@H](COC(=O)CCC/C=C\C/C=C\C/C=C\C=C\[C@H](O)CCCCC)COP(=O)(O)OCC[N+](C)(C)C. The molecule has 0 saturated carbocycles. The highest BCUT2D eigenvalue weighted by Gasteiger charge is 2.27. The summed E-state index contributed by atoms with van der Waals surface area (Å²) in [5.41, 5.74) is 0. The minimum Gasteiger partial charge on any atom is -0.462 e. The molecule has 59 heavy (non-hydrogen) atoms. The van der Waals surface area contributed by atoms with Gasteiger partial charge in [-0.2, -0.15) is 0 Å². The molecule has 2 N–H and O–H groups in total. The summed E-state index contributed by atoms with van der Waals surface area (Å²) in [7, 11) is 1.36. The van der Waals surface area contributed by atoms with Gasteiger partial charge in [-0.05, 0) is 77.0 Å². The van der Waals surface area contributed by atoms with Gasteiger partial charge in [-0.25, -0.2) is 4.57 Å². The van der Waals surface area contributed by atoms with Crippen LogP contribution in [0.2, 0.25) is 0 Å². The summed E-state index contributed by atoms with van der Waals surface area (Å²) in [6.07, 6.45) is 49.1. The highest BCUT2D eigenvalue weighted by molar-refractivity contribution is 7.47. The number of carbonyl (C=O) groups is 2. The van der Waals surface area contributed by atoms with Crippen molar-refractivity contribution in [1.29, 1.82) is 0 Å². The summed E-state index contributed by atoms with van der Waals surface area (Å²) < 4.78 is 34.1. The van der Waals surface area contributed by atoms with E-state index in [1.165, 1.54) is 0 Å². The number of carbonyl (C=O) groups excluding carboxylic acids is 2. The van der Waals surface area contributed by atoms with Crippen molar-refractivity contribution in [2.24, 2.45) is 0 Å². The van der Waals surface area contributed by atoms with Gasteiger partial charge in [-0.1, -0.05) is 142 Å². The molecule has 0 saturated heterocycles. The zero-order valence-corrected chi connectivity index (χ0v) is 37.9. The van der Waals surface area contributed by atoms with Crippen LogP contribution < -0.4 is 0 Å². The molecule has 0 bridgehead atoms. The van der Waals surface area contributed by atoms with Crippen LogP contribution in [0.5, 0.6) is 0 Å². The van der Waals surface area contributed by atoms with Crippen molar-refractivity contribution in [1.82, 2.24) is 0 Å². The first-order valence-electron chi connectivity index (χ1n) is 21.7. The van der Waals surface area contributed by atoms with Crippen LogP contribution in [0, 0.1) is 0 Å². The fraction of sp³-hybridized carbons (Fsp3) is 0.583. The number of aliphatic hydroxyl groups is 1. The number of aliphatic hydroxyl groups excluding tert-OH is 1. The number of ether oxygens (including phenoxy) is 2. The normalized spacial score (nSPS) is 15.2. The molecule has 0 rings (SSSR count). The first kappa shape index (κ1) is 55.6. The van der Waals surface area contributed by atoms with Crippen molar-refractivity contribution in [3.05, 3.63) is 109 Å². The third-order valence-corrected chi connectivity index (χ3v) is 9.38. The highest BCUT2D eigenvalue weighted by atomic mass is 31.2. The van der Waals surface area contributed by atoms with E-state index in [1.54, 1.807) is 0 Å². The quantitative estimate of drug-likeness (QED) is 0.0157. The largest absolute Gasteiger partial charge is 0.472 e. The Bertz CT molecular complexity index is 1380. The number of hydrogen-bond acceptors (Lipinski definition) is 8. The molecule has 0 aliphatic carbocycles. The average Bonchev–Trinajstić information content (AvgIpc) is 3.18. The van der Waals surface area contributed by atoms with E-state index in [2.05, 4.69) is 80.7 Å². The number of phosphoric ester groups is 1. The van der Waals surface area contributed by atoms with Crippen LogP contribution in [-0.2, 0) is 32.7 Å². The Hall–Kier alpha value is -3.37. The molecule has 0 amide bonds. The van der Waals surface area contributed by atoms with E-state index in [-0.39, 0.29) is 32.2 Å². The van der Waals surface area contributed by atoms with Crippen molar-refractivity contribution < 1.29 is 47.2 Å². The summed E-state index contributed by atoms with van der Waals surface area (Å²) in [5.74, 6) is -0.973. The monoisotopic (exact) mass is 845 g/mol. The molecule has 0 aromatic rings. The van der Waals surface area contributed by atoms with E-state index in [0.29, 0.717) is 36.7 Å². The van der Waals surface area contributed by atoms with Crippen LogP contribution in [0.1, 0.15) is 123 Å². The number of hydrogen-bond donors (Lipinski definition) is 2. The van der Waals surface area contributed by atoms with Gasteiger partial charge in [-0.3, -0.25) is 18.6 Å². The lowest BCUT2D eigenvalue weighted by atomic mass is 10.1. The van der Waals surface area contributed by atoms with Gasteiger partial charge in [0.1, 0.15) is 19.8 Å². The van der Waals surface area contributed by atoms with Crippen LogP contribution in [-0.4, -0.2) is 86.1 Å². The number of esters is 2. The predicted molar refractivity (Wildman–Crippen MR) is 244 cm³/mol. The maximum Gasteiger partial charge on any atom is 0.472 e. The van der Waals surface area contributed by atoms with Gasteiger partial charge in [-0.15, -0.1) is 0 Å². The van der Waals surface area contributed by atoms with Crippen molar-refractivity contribution in [3.63, 3.8) is 0 Å². The fourth-order valence-electron chi connectivity index (χ4n) is 4.97. The Morgan fingerprint density at radius 2 is 1.14 bits per heavy atom. The van der Waals surface area contributed by atoms with Gasteiger partial charge in [0, 0.05) is 12.8 Å². The molecule has 3 atom stereocenters. The number of unbranched alkanes of at least 4 members (excludes halogenated alkanes) is 4. The molecule has 10 nitrogen and oxygen atoms in total. The smallest absolute Gasteiger partial charge is 0.462 e. The Morgan fingerprint density at radius 1 is 0.627 bits per heavy atom. The van der Waals surface area contributed by atoms with Gasteiger partial charge < -0.3 is 24.0 Å². The Kier molecular flexibility index (Phi) is 36.6. The molecule has 0 aromatic heterocycles. The Morgan fingerprint density at radius 3 is 1.66 bits per heavy atom. The van der Waals surface area contributed by atoms with Gasteiger partial charge in [0.05, 0.1) is 33.9 Å². The maximum atomic E-state index is 12.7. The van der Waals surface area contributed by atoms with Crippen molar-refractivity contribution in [3.8, 4) is 0 Å². The summed E-state index contributed by atoms with van der Waals surface area (Å²) in [5, 5.41) is 9.90. The van der Waals surface area contributed by atoms with E-state index in [9.17, 15) is 24.2 Å². The molecule has 334 valence electrons. The molecule has 0 heterocycles. The lowest BCUT2D eigenvalue weighted by molar-refractivity contribution is -0.870. The third-order valence-electron chi connectivity index (χ3n) is 8.39. The summed E-state index contributed by atoms with van der Waals surface area (Å²) in [6, 6.07) is 0. The summed E-state index contributed by atoms with van der Waals surface area (Å²) in [6.45, 7) is 4.00. The van der Waals surface area contributed by atoms with E-state index in [1.807, 2.05) is 63.7 Å². The molecular formula is C48H79NO9P+. The highest BCUT2D eigenvalue weighted by Crippen LogP contribution is 2.43. The van der Waals surface area contributed by atoms with Gasteiger partial charge >= 0.3 is 19.8 Å². The summed E-state index contributed by atoms with van der Waals surface area (Å²) >= 11 is 0. The van der Waals surface area contributed by atoms with Gasteiger partial charge in [0.25, 0.3) is 0 Å². The topological polar surface area (TPSA) is 129 Å². The predicted octanol–water partition coefficient (Wildman–Crippen LogP) is 11.3. The zero-order valence-electron chi connectivity index (χ0n) is 37.0. The summed E-state index contributed by atoms with van der Waals surface area (Å²) in [4.78, 5) is 35.3. The number of likely N-dealkylation sites (N-methyl/N-ethyl adjacent to an activating group) is 1. The Balaban J connectivity index is 4.63. The molecule has 0 spiro atoms. The minimum absolute atomic E-state index is 0.00177. The van der Waals surface area contributed by atoms with Crippen LogP contribution >= 0.6 is 7.82 Å². The first-order chi connectivity index (χ1) is 28.4. The number of quaternary nitrogens is 1. The second-order valence-electron chi connectivity index (χ2n) is 15.2. The van der Waals surface area contributed by atoms with Crippen molar-refractivity contribution >= 4 is 19.8 Å². The molecule has 1 unspecified atom stereocenters. The molecular weight excluding hydrogens is 766 g/mol. The molecule has 0 fully saturated rings. The molecule has 0 aromatic carbocycles. The minimum atomic E-state index is -4.42. The first-order valence-corrected chi connectivity index (χ1v) is 23.2. The van der Waals surface area contributed by atoms with E-state index >= 15 is 0 Å². The van der Waals surface area contributed by atoms with E-state index in [4.69, 9.17) is 18.5 Å². The zero-order chi connectivity index (χ0) is 43.7.